The van der Waals surface area contributed by atoms with E-state index in [4.69, 9.17) is 0 Å². The minimum Gasteiger partial charge on any atom is -0.507 e. The third-order valence-electron chi connectivity index (χ3n) is 7.41. The third-order valence-corrected chi connectivity index (χ3v) is 7.41. The van der Waals surface area contributed by atoms with E-state index in [0.717, 1.165) is 17.5 Å². The van der Waals surface area contributed by atoms with E-state index < -0.39 is 0 Å². The van der Waals surface area contributed by atoms with Crippen LogP contribution in [-0.4, -0.2) is 5.11 Å². The average Bonchev–Trinajstić information content (AvgIpc) is 2.68. The molecule has 0 aromatic heterocycles. The van der Waals surface area contributed by atoms with Crippen LogP contribution in [-0.2, 0) is 5.41 Å². The van der Waals surface area contributed by atoms with Gasteiger partial charge in [0.2, 0.25) is 0 Å². The largest absolute Gasteiger partial charge is 0.507 e. The number of para-hydroxylation sites is 1. The Morgan fingerprint density at radius 1 is 0.750 bits per heavy atom. The molecule has 0 fully saturated rings. The number of phenolic OH excluding ortho intramolecular Hbond substituents is 1. The van der Waals surface area contributed by atoms with E-state index in [-0.39, 0.29) is 5.41 Å². The summed E-state index contributed by atoms with van der Waals surface area (Å²) in [7, 11) is 0. The van der Waals surface area contributed by atoms with E-state index in [1.165, 1.54) is 77.0 Å². The molecule has 28 heavy (non-hydrogen) atoms. The zero-order chi connectivity index (χ0) is 21.0. The van der Waals surface area contributed by atoms with Crippen LogP contribution in [0.2, 0.25) is 0 Å². The highest BCUT2D eigenvalue weighted by Crippen LogP contribution is 2.40. The first-order valence-electron chi connectivity index (χ1n) is 12.1. The first kappa shape index (κ1) is 25.1. The molecule has 0 aliphatic rings. The smallest absolute Gasteiger partial charge is 0.122 e. The Morgan fingerprint density at radius 2 is 1.29 bits per heavy atom. The van der Waals surface area contributed by atoms with Crippen molar-refractivity contribution in [2.75, 3.05) is 0 Å². The van der Waals surface area contributed by atoms with E-state index in [9.17, 15) is 5.11 Å². The third kappa shape index (κ3) is 7.80. The summed E-state index contributed by atoms with van der Waals surface area (Å²) in [6, 6.07) is 6.24. The standard InChI is InChI=1S/C27H48O/c1-7-20-27(6,24-19-17-18-23(4)25(24)28)22-16-14-12-10-11-13-15-21-26(5,8-2)9-3/h17-19,28H,7-16,20-22H2,1-6H3. The topological polar surface area (TPSA) is 20.2 Å². The summed E-state index contributed by atoms with van der Waals surface area (Å²) in [5.74, 6) is 0.518. The summed E-state index contributed by atoms with van der Waals surface area (Å²) in [5.41, 5.74) is 2.84. The van der Waals surface area contributed by atoms with Crippen LogP contribution in [0.25, 0.3) is 0 Å². The first-order valence-corrected chi connectivity index (χ1v) is 12.1. The van der Waals surface area contributed by atoms with Crippen molar-refractivity contribution in [3.63, 3.8) is 0 Å². The molecule has 0 bridgehead atoms. The van der Waals surface area contributed by atoms with Gasteiger partial charge in [0.25, 0.3) is 0 Å². The number of aryl methyl sites for hydroxylation is 1. The van der Waals surface area contributed by atoms with Gasteiger partial charge in [-0.05, 0) is 42.6 Å². The molecule has 0 aliphatic carbocycles. The summed E-state index contributed by atoms with van der Waals surface area (Å²) in [6.45, 7) is 13.7. The molecule has 1 aromatic rings. The molecule has 0 heterocycles. The highest BCUT2D eigenvalue weighted by atomic mass is 16.3. The minimum absolute atomic E-state index is 0.107. The maximum Gasteiger partial charge on any atom is 0.122 e. The maximum atomic E-state index is 10.6. The molecule has 1 nitrogen and oxygen atoms in total. The Labute approximate surface area is 176 Å². The summed E-state index contributed by atoms with van der Waals surface area (Å²) < 4.78 is 0. The van der Waals surface area contributed by atoms with Crippen LogP contribution in [0.1, 0.15) is 129 Å². The van der Waals surface area contributed by atoms with Crippen LogP contribution in [0.4, 0.5) is 0 Å². The highest BCUT2D eigenvalue weighted by Gasteiger charge is 2.28. The molecular weight excluding hydrogens is 340 g/mol. The molecule has 0 aliphatic heterocycles. The van der Waals surface area contributed by atoms with Gasteiger partial charge in [-0.25, -0.2) is 0 Å². The monoisotopic (exact) mass is 388 g/mol. The predicted molar refractivity (Wildman–Crippen MR) is 125 cm³/mol. The van der Waals surface area contributed by atoms with Gasteiger partial charge < -0.3 is 5.11 Å². The zero-order valence-electron chi connectivity index (χ0n) is 19.9. The molecule has 0 saturated heterocycles. The van der Waals surface area contributed by atoms with Crippen LogP contribution in [0.3, 0.4) is 0 Å². The Bertz CT molecular complexity index is 543. The van der Waals surface area contributed by atoms with Crippen LogP contribution in [0.15, 0.2) is 18.2 Å². The molecule has 0 amide bonds. The molecule has 0 saturated carbocycles. The molecule has 1 rings (SSSR count). The van der Waals surface area contributed by atoms with E-state index >= 15 is 0 Å². The van der Waals surface area contributed by atoms with Gasteiger partial charge in [0.05, 0.1) is 0 Å². The van der Waals surface area contributed by atoms with E-state index in [1.807, 2.05) is 13.0 Å². The molecule has 162 valence electrons. The van der Waals surface area contributed by atoms with Gasteiger partial charge in [-0.15, -0.1) is 0 Å². The Morgan fingerprint density at radius 3 is 1.82 bits per heavy atom. The second kappa shape index (κ2) is 12.6. The maximum absolute atomic E-state index is 10.6. The number of hydrogen-bond acceptors (Lipinski definition) is 1. The van der Waals surface area contributed by atoms with E-state index in [0.29, 0.717) is 11.2 Å². The molecule has 0 radical (unpaired) electrons. The van der Waals surface area contributed by atoms with Gasteiger partial charge in [-0.1, -0.05) is 117 Å². The molecular formula is C27H48O. The summed E-state index contributed by atoms with van der Waals surface area (Å²) in [4.78, 5) is 0. The van der Waals surface area contributed by atoms with Crippen LogP contribution >= 0.6 is 0 Å². The quantitative estimate of drug-likeness (QED) is 0.297. The van der Waals surface area contributed by atoms with Crippen molar-refractivity contribution in [1.82, 2.24) is 0 Å². The van der Waals surface area contributed by atoms with Crippen molar-refractivity contribution in [1.29, 1.82) is 0 Å². The highest BCUT2D eigenvalue weighted by molar-refractivity contribution is 5.43. The van der Waals surface area contributed by atoms with Crippen molar-refractivity contribution in [3.05, 3.63) is 29.3 Å². The fourth-order valence-corrected chi connectivity index (χ4v) is 4.65. The summed E-state index contributed by atoms with van der Waals surface area (Å²) in [6.07, 6.45) is 17.1. The Balaban J connectivity index is 2.32. The molecule has 1 unspecified atom stereocenters. The second-order valence-corrected chi connectivity index (χ2v) is 9.77. The fourth-order valence-electron chi connectivity index (χ4n) is 4.65. The summed E-state index contributed by atoms with van der Waals surface area (Å²) >= 11 is 0. The van der Waals surface area contributed by atoms with Gasteiger partial charge in [0.15, 0.2) is 0 Å². The predicted octanol–water partition coefficient (Wildman–Crippen LogP) is 9.10. The molecule has 1 atom stereocenters. The minimum atomic E-state index is 0.107. The zero-order valence-corrected chi connectivity index (χ0v) is 19.9. The number of aromatic hydroxyl groups is 1. The number of unbranched alkanes of at least 4 members (excludes halogenated alkanes) is 6. The lowest BCUT2D eigenvalue weighted by Crippen LogP contribution is -2.22. The van der Waals surface area contributed by atoms with Crippen LogP contribution in [0, 0.1) is 12.3 Å². The van der Waals surface area contributed by atoms with E-state index in [2.05, 4.69) is 46.8 Å². The van der Waals surface area contributed by atoms with E-state index in [1.54, 1.807) is 0 Å². The van der Waals surface area contributed by atoms with Gasteiger partial charge in [-0.3, -0.25) is 0 Å². The summed E-state index contributed by atoms with van der Waals surface area (Å²) in [5, 5.41) is 10.6. The Kier molecular flexibility index (Phi) is 11.2. The molecule has 1 heteroatoms. The number of rotatable bonds is 15. The van der Waals surface area contributed by atoms with Crippen molar-refractivity contribution in [2.45, 2.75) is 130 Å². The van der Waals surface area contributed by atoms with Gasteiger partial charge in [0.1, 0.15) is 5.75 Å². The van der Waals surface area contributed by atoms with Crippen molar-refractivity contribution in [3.8, 4) is 5.75 Å². The van der Waals surface area contributed by atoms with Crippen molar-refractivity contribution < 1.29 is 5.11 Å². The number of phenols is 1. The van der Waals surface area contributed by atoms with Gasteiger partial charge in [-0.2, -0.15) is 0 Å². The lowest BCUT2D eigenvalue weighted by atomic mass is 9.74. The van der Waals surface area contributed by atoms with Crippen molar-refractivity contribution >= 4 is 0 Å². The van der Waals surface area contributed by atoms with Crippen LogP contribution < -0.4 is 0 Å². The normalized spacial score (nSPS) is 14.2. The van der Waals surface area contributed by atoms with Crippen molar-refractivity contribution in [2.24, 2.45) is 5.41 Å². The van der Waals surface area contributed by atoms with Crippen LogP contribution in [0.5, 0.6) is 5.75 Å². The molecule has 1 N–H and O–H groups in total. The number of benzene rings is 1. The Hall–Kier alpha value is -0.980. The molecule has 1 aromatic carbocycles. The fraction of sp³-hybridized carbons (Fsp3) is 0.778. The number of hydrogen-bond donors (Lipinski definition) is 1. The lowest BCUT2D eigenvalue weighted by molar-refractivity contribution is 0.261. The van der Waals surface area contributed by atoms with Gasteiger partial charge in [0, 0.05) is 5.56 Å². The first-order chi connectivity index (χ1) is 13.3. The SMILES string of the molecule is CCCC(C)(CCCCCCCCCC(C)(CC)CC)c1cccc(C)c1O. The average molecular weight is 389 g/mol. The molecule has 0 spiro atoms. The lowest BCUT2D eigenvalue weighted by Gasteiger charge is -2.31. The second-order valence-electron chi connectivity index (χ2n) is 9.77. The van der Waals surface area contributed by atoms with Gasteiger partial charge >= 0.3 is 0 Å².